The predicted octanol–water partition coefficient (Wildman–Crippen LogP) is 3.82. The van der Waals surface area contributed by atoms with Gasteiger partial charge in [-0.2, -0.15) is 8.78 Å². The number of benzene rings is 2. The molecule has 2 aromatic carbocycles. The Labute approximate surface area is 141 Å². The normalized spacial score (nSPS) is 11.2. The first-order valence-electron chi connectivity index (χ1n) is 7.28. The van der Waals surface area contributed by atoms with Gasteiger partial charge in [0.05, 0.1) is 23.1 Å². The average Bonchev–Trinajstić information content (AvgIpc) is 2.89. The largest absolute Gasteiger partial charge is 0.345 e. The molecule has 1 aromatic heterocycles. The molecule has 0 unspecified atom stereocenters. The number of fused-ring (bicyclic) bond motifs is 1. The molecule has 0 saturated carbocycles. The summed E-state index contributed by atoms with van der Waals surface area (Å²) in [4.78, 5) is 17.1. The van der Waals surface area contributed by atoms with E-state index in [1.165, 1.54) is 12.1 Å². The highest BCUT2D eigenvalue weighted by Gasteiger charge is 2.16. The number of carbonyl (C=O) groups excluding carboxylic acids is 1. The summed E-state index contributed by atoms with van der Waals surface area (Å²) in [6.45, 7) is 0.220. The fraction of sp³-hybridized carbons (Fsp3) is 0.176. The van der Waals surface area contributed by atoms with Crippen LogP contribution in [-0.2, 0) is 13.6 Å². The summed E-state index contributed by atoms with van der Waals surface area (Å²) in [5.41, 5.74) is 2.05. The summed E-state index contributed by atoms with van der Waals surface area (Å²) in [6.07, 6.45) is 0. The maximum absolute atomic E-state index is 12.6. The van der Waals surface area contributed by atoms with Crippen LogP contribution < -0.4 is 5.32 Å². The summed E-state index contributed by atoms with van der Waals surface area (Å²) in [6, 6.07) is 14.0. The van der Waals surface area contributed by atoms with E-state index in [1.807, 2.05) is 35.9 Å². The van der Waals surface area contributed by atoms with Gasteiger partial charge in [-0.3, -0.25) is 4.79 Å². The molecule has 24 heavy (non-hydrogen) atoms. The van der Waals surface area contributed by atoms with Crippen molar-refractivity contribution in [3.63, 3.8) is 0 Å². The van der Waals surface area contributed by atoms with Gasteiger partial charge in [0.2, 0.25) is 0 Å². The van der Waals surface area contributed by atoms with Crippen LogP contribution >= 0.6 is 11.8 Å². The Bertz CT molecular complexity index is 879. The Morgan fingerprint density at radius 2 is 1.92 bits per heavy atom. The quantitative estimate of drug-likeness (QED) is 0.714. The summed E-state index contributed by atoms with van der Waals surface area (Å²) in [7, 11) is 1.87. The van der Waals surface area contributed by atoms with Gasteiger partial charge >= 0.3 is 0 Å². The lowest BCUT2D eigenvalue weighted by atomic mass is 10.2. The molecule has 7 heteroatoms. The van der Waals surface area contributed by atoms with E-state index in [0.717, 1.165) is 11.0 Å². The Kier molecular flexibility index (Phi) is 4.80. The minimum Gasteiger partial charge on any atom is -0.345 e. The average molecular weight is 347 g/mol. The molecule has 0 radical (unpaired) electrons. The van der Waals surface area contributed by atoms with Crippen molar-refractivity contribution in [2.75, 3.05) is 0 Å². The number of alkyl halides is 2. The number of thioether (sulfide) groups is 1. The van der Waals surface area contributed by atoms with E-state index in [4.69, 9.17) is 0 Å². The Hall–Kier alpha value is -2.41. The summed E-state index contributed by atoms with van der Waals surface area (Å²) >= 11 is 0.367. The Morgan fingerprint density at radius 3 is 2.67 bits per heavy atom. The van der Waals surface area contributed by atoms with Crippen LogP contribution in [0.2, 0.25) is 0 Å². The first-order valence-corrected chi connectivity index (χ1v) is 8.16. The second-order valence-corrected chi connectivity index (χ2v) is 6.16. The molecule has 4 nitrogen and oxygen atoms in total. The predicted molar refractivity (Wildman–Crippen MR) is 90.2 cm³/mol. The van der Waals surface area contributed by atoms with E-state index in [0.29, 0.717) is 17.6 Å². The van der Waals surface area contributed by atoms with Crippen LogP contribution in [0.4, 0.5) is 8.78 Å². The first-order chi connectivity index (χ1) is 11.6. The number of carbonyl (C=O) groups is 1. The van der Waals surface area contributed by atoms with Gasteiger partial charge in [-0.1, -0.05) is 36.0 Å². The van der Waals surface area contributed by atoms with E-state index in [1.54, 1.807) is 12.1 Å². The zero-order valence-corrected chi connectivity index (χ0v) is 13.7. The molecule has 1 N–H and O–H groups in total. The van der Waals surface area contributed by atoms with Gasteiger partial charge in [-0.15, -0.1) is 0 Å². The zero-order chi connectivity index (χ0) is 17.1. The highest BCUT2D eigenvalue weighted by Crippen LogP contribution is 2.28. The van der Waals surface area contributed by atoms with E-state index in [9.17, 15) is 13.6 Å². The molecular formula is C17H15F2N3OS. The molecule has 124 valence electrons. The van der Waals surface area contributed by atoms with Crippen molar-refractivity contribution in [2.24, 2.45) is 7.05 Å². The Morgan fingerprint density at radius 1 is 1.21 bits per heavy atom. The van der Waals surface area contributed by atoms with Gasteiger partial charge in [-0.25, -0.2) is 4.98 Å². The number of hydrogen-bond acceptors (Lipinski definition) is 3. The highest BCUT2D eigenvalue weighted by atomic mass is 32.2. The van der Waals surface area contributed by atoms with Gasteiger partial charge in [-0.05, 0) is 24.3 Å². The highest BCUT2D eigenvalue weighted by molar-refractivity contribution is 7.99. The SMILES string of the molecule is Cn1c(CNC(=O)c2ccccc2SC(F)F)nc2ccccc21. The van der Waals surface area contributed by atoms with Crippen LogP contribution in [0.25, 0.3) is 11.0 Å². The fourth-order valence-electron chi connectivity index (χ4n) is 2.46. The molecule has 0 aliphatic carbocycles. The minimum absolute atomic E-state index is 0.220. The van der Waals surface area contributed by atoms with Crippen molar-refractivity contribution < 1.29 is 13.6 Å². The zero-order valence-electron chi connectivity index (χ0n) is 12.9. The lowest BCUT2D eigenvalue weighted by molar-refractivity contribution is 0.0946. The van der Waals surface area contributed by atoms with E-state index in [-0.39, 0.29) is 17.0 Å². The molecule has 0 aliphatic heterocycles. The van der Waals surface area contributed by atoms with Crippen molar-refractivity contribution in [3.8, 4) is 0 Å². The van der Waals surface area contributed by atoms with Crippen molar-refractivity contribution in [3.05, 3.63) is 59.9 Å². The third kappa shape index (κ3) is 3.41. The van der Waals surface area contributed by atoms with Crippen LogP contribution in [-0.4, -0.2) is 21.2 Å². The van der Waals surface area contributed by atoms with Gasteiger partial charge in [0.15, 0.2) is 0 Å². The molecule has 0 saturated heterocycles. The topological polar surface area (TPSA) is 46.9 Å². The van der Waals surface area contributed by atoms with Gasteiger partial charge < -0.3 is 9.88 Å². The van der Waals surface area contributed by atoms with Gasteiger partial charge in [0.25, 0.3) is 11.7 Å². The molecule has 0 fully saturated rings. The third-order valence-corrected chi connectivity index (χ3v) is 4.42. The summed E-state index contributed by atoms with van der Waals surface area (Å²) < 4.78 is 27.1. The van der Waals surface area contributed by atoms with Crippen molar-refractivity contribution >= 4 is 28.7 Å². The fourth-order valence-corrected chi connectivity index (χ4v) is 3.10. The van der Waals surface area contributed by atoms with Crippen molar-refractivity contribution in [1.82, 2.24) is 14.9 Å². The monoisotopic (exact) mass is 347 g/mol. The molecule has 0 spiro atoms. The Balaban J connectivity index is 1.77. The molecule has 0 aliphatic rings. The number of nitrogens with one attached hydrogen (secondary N) is 1. The minimum atomic E-state index is -2.57. The smallest absolute Gasteiger partial charge is 0.288 e. The van der Waals surface area contributed by atoms with Gasteiger partial charge in [0.1, 0.15) is 5.82 Å². The first kappa shape index (κ1) is 16.4. The van der Waals surface area contributed by atoms with E-state index < -0.39 is 11.7 Å². The van der Waals surface area contributed by atoms with Crippen LogP contribution in [0.1, 0.15) is 16.2 Å². The second-order valence-electron chi connectivity index (χ2n) is 5.13. The number of rotatable bonds is 5. The number of amides is 1. The van der Waals surface area contributed by atoms with Crippen molar-refractivity contribution in [2.45, 2.75) is 17.2 Å². The summed E-state index contributed by atoms with van der Waals surface area (Å²) in [5.74, 6) is -2.27. The maximum atomic E-state index is 12.6. The second kappa shape index (κ2) is 7.00. The number of halogens is 2. The number of hydrogen-bond donors (Lipinski definition) is 1. The maximum Gasteiger partial charge on any atom is 0.288 e. The lowest BCUT2D eigenvalue weighted by Gasteiger charge is -2.09. The van der Waals surface area contributed by atoms with Crippen LogP contribution in [0.5, 0.6) is 0 Å². The molecule has 3 aromatic rings. The van der Waals surface area contributed by atoms with Crippen LogP contribution in [0, 0.1) is 0 Å². The molecule has 0 bridgehead atoms. The molecule has 1 heterocycles. The number of aromatic nitrogens is 2. The molecule has 0 atom stereocenters. The van der Waals surface area contributed by atoms with Crippen LogP contribution in [0.15, 0.2) is 53.4 Å². The third-order valence-electron chi connectivity index (χ3n) is 3.63. The molecule has 3 rings (SSSR count). The van der Waals surface area contributed by atoms with Crippen LogP contribution in [0.3, 0.4) is 0 Å². The van der Waals surface area contributed by atoms with Gasteiger partial charge in [0, 0.05) is 11.9 Å². The molecule has 1 amide bonds. The van der Waals surface area contributed by atoms with Crippen molar-refractivity contribution in [1.29, 1.82) is 0 Å². The standard InChI is InChI=1S/C17H15F2N3OS/c1-22-13-8-4-3-7-12(13)21-15(22)10-20-16(23)11-6-2-5-9-14(11)24-17(18)19/h2-9,17H,10H2,1H3,(H,20,23). The number of aryl methyl sites for hydroxylation is 1. The summed E-state index contributed by atoms with van der Waals surface area (Å²) in [5, 5.41) is 2.75. The van der Waals surface area contributed by atoms with E-state index in [2.05, 4.69) is 10.3 Å². The van der Waals surface area contributed by atoms with E-state index >= 15 is 0 Å². The number of nitrogens with zero attached hydrogens (tertiary/aromatic N) is 2. The molecular weight excluding hydrogens is 332 g/mol. The lowest BCUT2D eigenvalue weighted by Crippen LogP contribution is -2.25. The number of para-hydroxylation sites is 2. The number of imidazole rings is 1.